The predicted octanol–water partition coefficient (Wildman–Crippen LogP) is 3.57. The van der Waals surface area contributed by atoms with Gasteiger partial charge in [0.2, 0.25) is 0 Å². The fraction of sp³-hybridized carbons (Fsp3) is 0.364. The summed E-state index contributed by atoms with van der Waals surface area (Å²) in [6.07, 6.45) is 2.16. The lowest BCUT2D eigenvalue weighted by Crippen LogP contribution is -2.29. The number of rotatable bonds is 4. The number of anilines is 1. The molecule has 0 heterocycles. The average molecular weight is 261 g/mol. The first-order valence-corrected chi connectivity index (χ1v) is 5.92. The van der Waals surface area contributed by atoms with Crippen LogP contribution in [0.4, 0.5) is 10.1 Å². The zero-order chi connectivity index (χ0) is 12.0. The topological polar surface area (TPSA) is 24.1 Å². The Labute approximate surface area is 105 Å². The zero-order valence-electron chi connectivity index (χ0n) is 9.02. The fourth-order valence-electron chi connectivity index (χ4n) is 1.14. The van der Waals surface area contributed by atoms with Gasteiger partial charge in [-0.15, -0.1) is 0 Å². The maximum atomic E-state index is 12.8. The second kappa shape index (κ2) is 6.66. The summed E-state index contributed by atoms with van der Waals surface area (Å²) in [5.41, 5.74) is 0.608. The number of thiocarbonyl (C=S) groups is 1. The van der Waals surface area contributed by atoms with E-state index >= 15 is 0 Å². The molecule has 0 aromatic heterocycles. The van der Waals surface area contributed by atoms with Gasteiger partial charge in [0.15, 0.2) is 5.11 Å². The van der Waals surface area contributed by atoms with Crippen molar-refractivity contribution in [2.75, 3.05) is 11.9 Å². The Morgan fingerprint density at radius 3 is 2.88 bits per heavy atom. The molecule has 0 aliphatic heterocycles. The van der Waals surface area contributed by atoms with Gasteiger partial charge in [-0.25, -0.2) is 4.39 Å². The first-order chi connectivity index (χ1) is 7.63. The molecule has 0 saturated carbocycles. The monoisotopic (exact) mass is 260 g/mol. The maximum Gasteiger partial charge on any atom is 0.170 e. The lowest BCUT2D eigenvalue weighted by molar-refractivity contribution is 0.628. The van der Waals surface area contributed by atoms with E-state index in [4.69, 9.17) is 23.8 Å². The van der Waals surface area contributed by atoms with E-state index in [0.29, 0.717) is 15.8 Å². The van der Waals surface area contributed by atoms with Crippen molar-refractivity contribution in [3.63, 3.8) is 0 Å². The van der Waals surface area contributed by atoms with Gasteiger partial charge < -0.3 is 10.6 Å². The molecule has 1 aromatic rings. The van der Waals surface area contributed by atoms with Gasteiger partial charge in [0, 0.05) is 6.54 Å². The standard InChI is InChI=1S/C11H14ClFN2S/c1-2-3-6-14-11(16)15-10-5-4-8(13)7-9(10)12/h4-5,7H,2-3,6H2,1H3,(H2,14,15,16). The predicted molar refractivity (Wildman–Crippen MR) is 70.5 cm³/mol. The normalized spacial score (nSPS) is 9.94. The second-order valence-electron chi connectivity index (χ2n) is 3.36. The van der Waals surface area contributed by atoms with E-state index in [2.05, 4.69) is 17.6 Å². The lowest BCUT2D eigenvalue weighted by atomic mass is 10.3. The Morgan fingerprint density at radius 2 is 2.25 bits per heavy atom. The molecule has 0 saturated heterocycles. The summed E-state index contributed by atoms with van der Waals surface area (Å²) in [4.78, 5) is 0. The Bertz CT molecular complexity index is 371. The van der Waals surface area contributed by atoms with E-state index < -0.39 is 0 Å². The molecule has 0 amide bonds. The highest BCUT2D eigenvalue weighted by molar-refractivity contribution is 7.80. The summed E-state index contributed by atoms with van der Waals surface area (Å²) in [7, 11) is 0. The Balaban J connectivity index is 2.49. The third-order valence-electron chi connectivity index (χ3n) is 2.00. The van der Waals surface area contributed by atoms with E-state index in [0.717, 1.165) is 19.4 Å². The van der Waals surface area contributed by atoms with Crippen LogP contribution in [0.3, 0.4) is 0 Å². The molecule has 88 valence electrons. The van der Waals surface area contributed by atoms with Crippen molar-refractivity contribution < 1.29 is 4.39 Å². The van der Waals surface area contributed by atoms with Gasteiger partial charge in [-0.3, -0.25) is 0 Å². The molecule has 1 rings (SSSR count). The van der Waals surface area contributed by atoms with Crippen LogP contribution in [0.25, 0.3) is 0 Å². The highest BCUT2D eigenvalue weighted by atomic mass is 35.5. The minimum Gasteiger partial charge on any atom is -0.362 e. The number of unbranched alkanes of at least 4 members (excludes halogenated alkanes) is 1. The van der Waals surface area contributed by atoms with Gasteiger partial charge in [-0.2, -0.15) is 0 Å². The van der Waals surface area contributed by atoms with Crippen LogP contribution in [-0.2, 0) is 0 Å². The minimum atomic E-state index is -0.361. The zero-order valence-corrected chi connectivity index (χ0v) is 10.6. The van der Waals surface area contributed by atoms with Crippen molar-refractivity contribution in [2.45, 2.75) is 19.8 Å². The molecule has 5 heteroatoms. The van der Waals surface area contributed by atoms with Gasteiger partial charge in [-0.05, 0) is 36.8 Å². The number of hydrogen-bond donors (Lipinski definition) is 2. The summed E-state index contributed by atoms with van der Waals surface area (Å²) in [6, 6.07) is 4.15. The summed E-state index contributed by atoms with van der Waals surface area (Å²) < 4.78 is 12.8. The molecule has 2 N–H and O–H groups in total. The van der Waals surface area contributed by atoms with E-state index in [1.165, 1.54) is 12.1 Å². The molecular weight excluding hydrogens is 247 g/mol. The third-order valence-corrected chi connectivity index (χ3v) is 2.55. The number of benzene rings is 1. The Hall–Kier alpha value is -0.870. The van der Waals surface area contributed by atoms with E-state index in [9.17, 15) is 4.39 Å². The summed E-state index contributed by atoms with van der Waals surface area (Å²) in [5, 5.41) is 6.78. The third kappa shape index (κ3) is 4.33. The largest absolute Gasteiger partial charge is 0.362 e. The molecule has 0 bridgehead atoms. The lowest BCUT2D eigenvalue weighted by Gasteiger charge is -2.11. The van der Waals surface area contributed by atoms with Crippen LogP contribution in [0, 0.1) is 5.82 Å². The Morgan fingerprint density at radius 1 is 1.50 bits per heavy atom. The summed E-state index contributed by atoms with van der Waals surface area (Å²) in [5.74, 6) is -0.361. The molecule has 0 aliphatic carbocycles. The van der Waals surface area contributed by atoms with Crippen LogP contribution in [0.2, 0.25) is 5.02 Å². The van der Waals surface area contributed by atoms with E-state index in [1.54, 1.807) is 6.07 Å². The number of halogens is 2. The van der Waals surface area contributed by atoms with Crippen LogP contribution in [0.15, 0.2) is 18.2 Å². The molecule has 0 fully saturated rings. The van der Waals surface area contributed by atoms with Gasteiger partial charge in [0.05, 0.1) is 10.7 Å². The molecular formula is C11H14ClFN2S. The van der Waals surface area contributed by atoms with Crippen molar-refractivity contribution >= 4 is 34.6 Å². The van der Waals surface area contributed by atoms with Gasteiger partial charge in [0.1, 0.15) is 5.82 Å². The van der Waals surface area contributed by atoms with Crippen molar-refractivity contribution in [1.29, 1.82) is 0 Å². The molecule has 0 spiro atoms. The Kier molecular flexibility index (Phi) is 5.49. The SMILES string of the molecule is CCCCNC(=S)Nc1ccc(F)cc1Cl. The van der Waals surface area contributed by atoms with E-state index in [1.807, 2.05) is 0 Å². The minimum absolute atomic E-state index is 0.319. The van der Waals surface area contributed by atoms with Crippen LogP contribution in [-0.4, -0.2) is 11.7 Å². The van der Waals surface area contributed by atoms with Gasteiger partial charge in [0.25, 0.3) is 0 Å². The number of hydrogen-bond acceptors (Lipinski definition) is 1. The molecule has 16 heavy (non-hydrogen) atoms. The van der Waals surface area contributed by atoms with Crippen molar-refractivity contribution in [3.05, 3.63) is 29.0 Å². The van der Waals surface area contributed by atoms with Crippen LogP contribution in [0.1, 0.15) is 19.8 Å². The van der Waals surface area contributed by atoms with Crippen molar-refractivity contribution in [2.24, 2.45) is 0 Å². The van der Waals surface area contributed by atoms with Gasteiger partial charge in [-0.1, -0.05) is 24.9 Å². The smallest absolute Gasteiger partial charge is 0.170 e. The molecule has 0 aliphatic rings. The first-order valence-electron chi connectivity index (χ1n) is 5.13. The summed E-state index contributed by atoms with van der Waals surface area (Å²) >= 11 is 10.9. The molecule has 0 radical (unpaired) electrons. The highest BCUT2D eigenvalue weighted by Crippen LogP contribution is 2.22. The fourth-order valence-corrected chi connectivity index (χ4v) is 1.56. The van der Waals surface area contributed by atoms with E-state index in [-0.39, 0.29) is 5.82 Å². The molecule has 2 nitrogen and oxygen atoms in total. The van der Waals surface area contributed by atoms with Crippen molar-refractivity contribution in [1.82, 2.24) is 5.32 Å². The van der Waals surface area contributed by atoms with Crippen molar-refractivity contribution in [3.8, 4) is 0 Å². The number of nitrogens with one attached hydrogen (secondary N) is 2. The van der Waals surface area contributed by atoms with Crippen LogP contribution in [0.5, 0.6) is 0 Å². The molecule has 0 unspecified atom stereocenters. The van der Waals surface area contributed by atoms with Crippen LogP contribution < -0.4 is 10.6 Å². The molecule has 1 aromatic carbocycles. The average Bonchev–Trinajstić information content (AvgIpc) is 2.23. The summed E-state index contributed by atoms with van der Waals surface area (Å²) in [6.45, 7) is 2.93. The quantitative estimate of drug-likeness (QED) is 0.639. The highest BCUT2D eigenvalue weighted by Gasteiger charge is 2.03. The maximum absolute atomic E-state index is 12.8. The van der Waals surface area contributed by atoms with Crippen LogP contribution >= 0.6 is 23.8 Å². The van der Waals surface area contributed by atoms with Gasteiger partial charge >= 0.3 is 0 Å². The first kappa shape index (κ1) is 13.2. The second-order valence-corrected chi connectivity index (χ2v) is 4.17. The molecule has 0 atom stereocenters.